The Hall–Kier alpha value is -2.38. The van der Waals surface area contributed by atoms with Crippen molar-refractivity contribution in [2.24, 2.45) is 11.7 Å². The highest BCUT2D eigenvalue weighted by Gasteiger charge is 2.18. The van der Waals surface area contributed by atoms with E-state index in [0.29, 0.717) is 41.9 Å². The highest BCUT2D eigenvalue weighted by atomic mass is 16.1. The third-order valence-corrected chi connectivity index (χ3v) is 2.83. The van der Waals surface area contributed by atoms with Gasteiger partial charge in [0.05, 0.1) is 12.9 Å². The molecule has 0 bridgehead atoms. The summed E-state index contributed by atoms with van der Waals surface area (Å²) in [5.74, 6) is 1.10. The van der Waals surface area contributed by atoms with Gasteiger partial charge in [0.15, 0.2) is 11.5 Å². The highest BCUT2D eigenvalue weighted by Crippen LogP contribution is 2.23. The summed E-state index contributed by atoms with van der Waals surface area (Å²) in [5, 5.41) is 3.07. The minimum Gasteiger partial charge on any atom is -0.368 e. The van der Waals surface area contributed by atoms with Gasteiger partial charge in [-0.2, -0.15) is 9.97 Å². The topological polar surface area (TPSA) is 113 Å². The maximum Gasteiger partial charge on any atom is 0.237 e. The lowest BCUT2D eigenvalue weighted by molar-refractivity contribution is -0.116. The molecule has 2 heterocycles. The number of carbonyl (C=O) groups is 1. The number of nitrogens with two attached hydrogens (primary N) is 1. The van der Waals surface area contributed by atoms with E-state index in [1.54, 1.807) is 6.33 Å². The average Bonchev–Trinajstić information content (AvgIpc) is 2.84. The molecule has 0 radical (unpaired) electrons. The molecule has 2 aromatic rings. The van der Waals surface area contributed by atoms with Crippen molar-refractivity contribution in [3.63, 3.8) is 0 Å². The number of nitrogens with zero attached hydrogens (tertiary/aromatic N) is 4. The van der Waals surface area contributed by atoms with Gasteiger partial charge in [-0.15, -0.1) is 0 Å². The molecule has 0 aliphatic heterocycles. The van der Waals surface area contributed by atoms with Crippen LogP contribution in [0, 0.1) is 5.92 Å². The molecule has 0 unspecified atom stereocenters. The van der Waals surface area contributed by atoms with Gasteiger partial charge >= 0.3 is 0 Å². The fourth-order valence-electron chi connectivity index (χ4n) is 2.14. The highest BCUT2D eigenvalue weighted by molar-refractivity contribution is 5.87. The van der Waals surface area contributed by atoms with Gasteiger partial charge in [0.1, 0.15) is 5.52 Å². The van der Waals surface area contributed by atoms with Crippen LogP contribution in [-0.4, -0.2) is 45.5 Å². The Bertz CT molecular complexity index is 622. The Balaban J connectivity index is 2.48. The largest absolute Gasteiger partial charge is 0.368 e. The van der Waals surface area contributed by atoms with E-state index >= 15 is 0 Å². The number of carbonyl (C=O) groups excluding carboxylic acids is 1. The summed E-state index contributed by atoms with van der Waals surface area (Å²) in [6.45, 7) is 7.59. The van der Waals surface area contributed by atoms with Gasteiger partial charge in [-0.05, 0) is 12.8 Å². The number of primary amides is 1. The molecular formula is C13H21N7O. The van der Waals surface area contributed by atoms with Crippen LogP contribution in [-0.2, 0) is 4.79 Å². The van der Waals surface area contributed by atoms with Crippen LogP contribution in [0.5, 0.6) is 0 Å². The maximum atomic E-state index is 11.3. The Morgan fingerprint density at radius 2 is 2.24 bits per heavy atom. The Kier molecular flexibility index (Phi) is 4.56. The van der Waals surface area contributed by atoms with E-state index in [0.717, 1.165) is 0 Å². The molecule has 1 amide bonds. The van der Waals surface area contributed by atoms with E-state index in [1.807, 2.05) is 11.8 Å². The summed E-state index contributed by atoms with van der Waals surface area (Å²) in [6.07, 6.45) is 1.57. The van der Waals surface area contributed by atoms with E-state index in [-0.39, 0.29) is 6.54 Å². The number of nitrogens with one attached hydrogen (secondary N) is 2. The molecule has 8 heteroatoms. The fourth-order valence-corrected chi connectivity index (χ4v) is 2.14. The number of anilines is 2. The lowest BCUT2D eigenvalue weighted by atomic mass is 10.2. The first kappa shape index (κ1) is 15.0. The zero-order valence-electron chi connectivity index (χ0n) is 12.6. The monoisotopic (exact) mass is 291 g/mol. The zero-order valence-corrected chi connectivity index (χ0v) is 12.6. The fraction of sp³-hybridized carbons (Fsp3) is 0.538. The normalized spacial score (nSPS) is 11.0. The van der Waals surface area contributed by atoms with Crippen LogP contribution in [0.2, 0.25) is 0 Å². The van der Waals surface area contributed by atoms with Crippen LogP contribution >= 0.6 is 0 Å². The predicted octanol–water partition coefficient (Wildman–Crippen LogP) is 0.732. The molecule has 2 rings (SSSR count). The first-order valence-electron chi connectivity index (χ1n) is 6.99. The van der Waals surface area contributed by atoms with Crippen molar-refractivity contribution in [2.75, 3.05) is 29.9 Å². The van der Waals surface area contributed by atoms with Crippen LogP contribution in [0.1, 0.15) is 20.8 Å². The second kappa shape index (κ2) is 6.38. The van der Waals surface area contributed by atoms with E-state index in [2.05, 4.69) is 39.1 Å². The Morgan fingerprint density at radius 3 is 2.86 bits per heavy atom. The molecule has 21 heavy (non-hydrogen) atoms. The Morgan fingerprint density at radius 1 is 1.48 bits per heavy atom. The van der Waals surface area contributed by atoms with Gasteiger partial charge in [-0.1, -0.05) is 13.8 Å². The van der Waals surface area contributed by atoms with Gasteiger partial charge in [0.25, 0.3) is 0 Å². The molecule has 0 saturated carbocycles. The summed E-state index contributed by atoms with van der Waals surface area (Å²) >= 11 is 0. The summed E-state index contributed by atoms with van der Waals surface area (Å²) in [5.41, 5.74) is 6.63. The third-order valence-electron chi connectivity index (χ3n) is 2.83. The number of H-pyrrole nitrogens is 1. The lowest BCUT2D eigenvalue weighted by Crippen LogP contribution is -2.37. The number of hydrogen-bond acceptors (Lipinski definition) is 6. The van der Waals surface area contributed by atoms with Crippen LogP contribution in [0.4, 0.5) is 11.8 Å². The SMILES string of the molecule is CCNc1nc(N(CC(N)=O)CC(C)C)c2[nH]cnc2n1. The summed E-state index contributed by atoms with van der Waals surface area (Å²) < 4.78 is 0. The molecule has 8 nitrogen and oxygen atoms in total. The van der Waals surface area contributed by atoms with Crippen LogP contribution in [0.15, 0.2) is 6.33 Å². The minimum atomic E-state index is -0.396. The first-order valence-corrected chi connectivity index (χ1v) is 6.99. The van der Waals surface area contributed by atoms with Gasteiger partial charge in [-0.3, -0.25) is 4.79 Å². The van der Waals surface area contributed by atoms with Crippen molar-refractivity contribution < 1.29 is 4.79 Å². The summed E-state index contributed by atoms with van der Waals surface area (Å²) in [4.78, 5) is 29.2. The lowest BCUT2D eigenvalue weighted by Gasteiger charge is -2.24. The molecular weight excluding hydrogens is 270 g/mol. The van der Waals surface area contributed by atoms with Gasteiger partial charge in [0, 0.05) is 13.1 Å². The van der Waals surface area contributed by atoms with Gasteiger partial charge < -0.3 is 20.9 Å². The van der Waals surface area contributed by atoms with Crippen molar-refractivity contribution in [2.45, 2.75) is 20.8 Å². The zero-order chi connectivity index (χ0) is 15.4. The smallest absolute Gasteiger partial charge is 0.237 e. The van der Waals surface area contributed by atoms with E-state index in [4.69, 9.17) is 5.73 Å². The van der Waals surface area contributed by atoms with Crippen LogP contribution in [0.3, 0.4) is 0 Å². The number of fused-ring (bicyclic) bond motifs is 1. The first-order chi connectivity index (χ1) is 10.0. The Labute approximate surface area is 123 Å². The number of rotatable bonds is 7. The van der Waals surface area contributed by atoms with Gasteiger partial charge in [0.2, 0.25) is 11.9 Å². The summed E-state index contributed by atoms with van der Waals surface area (Å²) in [7, 11) is 0. The molecule has 0 aromatic carbocycles. The van der Waals surface area contributed by atoms with Crippen molar-refractivity contribution in [3.8, 4) is 0 Å². The average molecular weight is 291 g/mol. The number of aromatic nitrogens is 4. The molecule has 0 atom stereocenters. The molecule has 0 aliphatic carbocycles. The number of aromatic amines is 1. The molecule has 0 aliphatic rings. The quantitative estimate of drug-likeness (QED) is 0.693. The molecule has 4 N–H and O–H groups in total. The molecule has 0 saturated heterocycles. The number of amides is 1. The van der Waals surface area contributed by atoms with Crippen LogP contribution < -0.4 is 16.0 Å². The van der Waals surface area contributed by atoms with Crippen molar-refractivity contribution in [1.29, 1.82) is 0 Å². The molecule has 114 valence electrons. The standard InChI is InChI=1S/C13H21N7O/c1-4-15-13-18-11-10(16-7-17-11)12(19-13)20(5-8(2)3)6-9(14)21/h7-8H,4-6H2,1-3H3,(H2,14,21)(H2,15,16,17,18,19). The van der Waals surface area contributed by atoms with E-state index < -0.39 is 5.91 Å². The van der Waals surface area contributed by atoms with E-state index in [9.17, 15) is 4.79 Å². The number of imidazole rings is 1. The number of hydrogen-bond donors (Lipinski definition) is 3. The summed E-state index contributed by atoms with van der Waals surface area (Å²) in [6, 6.07) is 0. The van der Waals surface area contributed by atoms with Gasteiger partial charge in [-0.25, -0.2) is 4.98 Å². The molecule has 0 fully saturated rings. The van der Waals surface area contributed by atoms with E-state index in [1.165, 1.54) is 0 Å². The third kappa shape index (κ3) is 3.59. The molecule has 0 spiro atoms. The molecule has 2 aromatic heterocycles. The second-order valence-corrected chi connectivity index (χ2v) is 5.24. The van der Waals surface area contributed by atoms with Crippen molar-refractivity contribution >= 4 is 28.8 Å². The van der Waals surface area contributed by atoms with Crippen molar-refractivity contribution in [1.82, 2.24) is 19.9 Å². The van der Waals surface area contributed by atoms with Crippen molar-refractivity contribution in [3.05, 3.63) is 6.33 Å². The van der Waals surface area contributed by atoms with Crippen LogP contribution in [0.25, 0.3) is 11.2 Å². The predicted molar refractivity (Wildman–Crippen MR) is 82.1 cm³/mol. The second-order valence-electron chi connectivity index (χ2n) is 5.24. The minimum absolute atomic E-state index is 0.106. The maximum absolute atomic E-state index is 11.3.